The number of oxime groups is 1. The number of ether oxygens (including phenoxy) is 4. The van der Waals surface area contributed by atoms with Crippen LogP contribution in [0.1, 0.15) is 99.9 Å². The lowest BCUT2D eigenvalue weighted by Crippen LogP contribution is -2.28. The highest BCUT2D eigenvalue weighted by atomic mass is 35.5. The molecule has 4 atom stereocenters. The standard InChI is InChI=1S/C13H13ClN2O2.C13H15N3O3.C13H12N2O2.C10H10N2.C3H4Cl2O2.ClH.H3NO/c1-15-11-4-2-3-9-10(11)5-6-12(9)16-13(17)18-8-7-14;14-12(15-18)10-3-1-2-9-8(10)4-5-11(9)16-6-7-19-13(16)17;1-14-11-4-2-3-10-9(11)5-6-12(10)15-7-8-17-13(15)16;1-12-10-4-2-3-7-8(10)5-6-9(7)11;4-1-2-7-3(5)6;;1-2/h2-4,12H,5-8H2,(H,16,17);1-3,11,18H,4-7H2,(H2,14,15);2-4,12H,5-8H2;2-4,9H,5-6,11H2;1-2H2;1H;2H,1H2/t12-;11-;12-;9-;;;/m0000.../s1. The largest absolute Gasteiger partial charge is 0.452 e. The van der Waals surface area contributed by atoms with Crippen LogP contribution in [0.4, 0.5) is 36.2 Å². The molecule has 2 heterocycles. The van der Waals surface area contributed by atoms with Crippen molar-refractivity contribution in [3.05, 3.63) is 157 Å². The van der Waals surface area contributed by atoms with E-state index in [9.17, 15) is 19.2 Å². The fourth-order valence-corrected chi connectivity index (χ4v) is 10.00. The number of alkyl carbamates (subject to hydrolysis) is 1. The molecule has 4 aromatic rings. The zero-order valence-corrected chi connectivity index (χ0v) is 44.3. The molecule has 0 radical (unpaired) electrons. The normalized spacial score (nSPS) is 18.6. The number of carbonyl (C=O) groups excluding carboxylic acids is 4. The Labute approximate surface area is 461 Å². The Balaban J connectivity index is 0.000000209. The number of amides is 3. The van der Waals surface area contributed by atoms with Crippen LogP contribution in [0.25, 0.3) is 14.5 Å². The molecule has 2 fully saturated rings. The van der Waals surface area contributed by atoms with E-state index < -0.39 is 11.5 Å². The van der Waals surface area contributed by atoms with Gasteiger partial charge in [0.15, 0.2) is 22.9 Å². The van der Waals surface area contributed by atoms with E-state index in [0.717, 1.165) is 102 Å². The van der Waals surface area contributed by atoms with Crippen molar-refractivity contribution in [2.24, 2.45) is 22.5 Å². The maximum atomic E-state index is 11.7. The number of fused-ring (bicyclic) bond motifs is 4. The fraction of sp³-hybridized carbons (Fsp3) is 0.385. The minimum absolute atomic E-state index is 0. The third-order valence-electron chi connectivity index (χ3n) is 13.0. The van der Waals surface area contributed by atoms with Crippen molar-refractivity contribution in [3.63, 3.8) is 0 Å². The predicted molar refractivity (Wildman–Crippen MR) is 288 cm³/mol. The number of halogens is 4. The minimum Gasteiger partial charge on any atom is -0.452 e. The third-order valence-corrected chi connectivity index (χ3v) is 13.4. The third kappa shape index (κ3) is 15.5. The topological polar surface area (TPSA) is 268 Å². The van der Waals surface area contributed by atoms with Crippen LogP contribution in [0.2, 0.25) is 0 Å². The first-order valence-electron chi connectivity index (χ1n) is 23.7. The summed E-state index contributed by atoms with van der Waals surface area (Å²) in [5, 5.41) is 21.2. The molecule has 0 bridgehead atoms. The molecule has 9 N–H and O–H groups in total. The molecule has 2 aliphatic heterocycles. The molecule has 0 aromatic heterocycles. The Hall–Kier alpha value is -7.06. The van der Waals surface area contributed by atoms with E-state index in [1.54, 1.807) is 15.9 Å². The van der Waals surface area contributed by atoms with Crippen LogP contribution in [0.15, 0.2) is 78.0 Å². The highest BCUT2D eigenvalue weighted by molar-refractivity contribution is 6.61. The summed E-state index contributed by atoms with van der Waals surface area (Å²) < 4.78 is 19.0. The number of carbonyl (C=O) groups is 4. The van der Waals surface area contributed by atoms with Crippen molar-refractivity contribution in [3.8, 4) is 0 Å². The van der Waals surface area contributed by atoms with E-state index in [1.807, 2.05) is 66.7 Å². The first kappa shape index (κ1) is 61.5. The van der Waals surface area contributed by atoms with Crippen LogP contribution in [0, 0.1) is 19.7 Å². The number of rotatable bonds is 8. The van der Waals surface area contributed by atoms with Gasteiger partial charge in [0.2, 0.25) is 0 Å². The second-order valence-corrected chi connectivity index (χ2v) is 18.0. The molecule has 76 heavy (non-hydrogen) atoms. The number of alkyl halides is 2. The number of hydrogen-bond donors (Lipinski definition) is 6. The smallest absolute Gasteiger partial charge is 0.410 e. The van der Waals surface area contributed by atoms with Crippen molar-refractivity contribution in [2.75, 3.05) is 51.3 Å². The maximum absolute atomic E-state index is 11.7. The highest BCUT2D eigenvalue weighted by Crippen LogP contribution is 2.42. The Morgan fingerprint density at radius 3 is 1.59 bits per heavy atom. The zero-order chi connectivity index (χ0) is 54.4. The molecule has 20 nitrogen and oxygen atoms in total. The van der Waals surface area contributed by atoms with E-state index in [-0.39, 0.29) is 73.7 Å². The van der Waals surface area contributed by atoms with Gasteiger partial charge in [0.1, 0.15) is 26.4 Å². The van der Waals surface area contributed by atoms with E-state index >= 15 is 0 Å². The molecule has 4 aliphatic carbocycles. The van der Waals surface area contributed by atoms with E-state index in [4.69, 9.17) is 90.6 Å². The van der Waals surface area contributed by atoms with Crippen molar-refractivity contribution in [1.82, 2.24) is 15.1 Å². The Bertz CT molecular complexity index is 2820. The average molecular weight is 1120 g/mol. The number of amidine groups is 1. The Kier molecular flexibility index (Phi) is 25.2. The molecule has 0 saturated carbocycles. The van der Waals surface area contributed by atoms with Crippen LogP contribution in [-0.4, -0.2) is 101 Å². The van der Waals surface area contributed by atoms with Gasteiger partial charge in [0.05, 0.1) is 62.7 Å². The summed E-state index contributed by atoms with van der Waals surface area (Å²) in [7, 11) is 0. The molecule has 0 unspecified atom stereocenters. The fourth-order valence-electron chi connectivity index (χ4n) is 9.76. The van der Waals surface area contributed by atoms with Gasteiger partial charge in [0, 0.05) is 23.2 Å². The van der Waals surface area contributed by atoms with E-state index in [2.05, 4.69) is 35.6 Å². The molecule has 24 heteroatoms. The van der Waals surface area contributed by atoms with Gasteiger partial charge in [-0.05, 0) is 95.9 Å². The molecule has 10 rings (SSSR count). The van der Waals surface area contributed by atoms with Gasteiger partial charge in [-0.25, -0.2) is 39.6 Å². The minimum atomic E-state index is -0.805. The van der Waals surface area contributed by atoms with Gasteiger partial charge in [-0.2, -0.15) is 0 Å². The van der Waals surface area contributed by atoms with Gasteiger partial charge in [-0.1, -0.05) is 78.0 Å². The SMILES string of the molecule is Cl.NC(=NO)c1cccc2c1CC[C@@H]2N1CCOC1=O.NO.O=C(Cl)OCCCl.[C-]#[N+]c1cccc2c1CC[C@@H]2N.[C-]#[N+]c1cccc2c1CC[C@@H]2N1CCOC1=O.[C-]#[N+]c1cccc2c1CC[C@@H]2NC(=O)OCCCl. The van der Waals surface area contributed by atoms with Crippen LogP contribution >= 0.6 is 47.2 Å². The number of nitrogens with one attached hydrogen (secondary N) is 1. The molecule has 2 saturated heterocycles. The van der Waals surface area contributed by atoms with Crippen LogP contribution in [0.3, 0.4) is 0 Å². The lowest BCUT2D eigenvalue weighted by molar-refractivity contribution is 0.147. The first-order chi connectivity index (χ1) is 36.4. The monoisotopic (exact) mass is 1120 g/mol. The van der Waals surface area contributed by atoms with Gasteiger partial charge < -0.3 is 46.1 Å². The lowest BCUT2D eigenvalue weighted by atomic mass is 10.0. The molecule has 6 aliphatic rings. The molecular formula is C52H58Cl4N10O10. The van der Waals surface area contributed by atoms with Crippen LogP contribution in [-0.2, 0) is 44.6 Å². The summed E-state index contributed by atoms with van der Waals surface area (Å²) in [6.07, 6.45) is 6.07. The second kappa shape index (κ2) is 31.1. The van der Waals surface area contributed by atoms with Gasteiger partial charge >= 0.3 is 23.7 Å². The van der Waals surface area contributed by atoms with Crippen molar-refractivity contribution < 1.29 is 48.5 Å². The average Bonchev–Trinajstić information content (AvgIpc) is 4.33. The number of nitrogens with zero attached hydrogens (tertiary/aromatic N) is 6. The Morgan fingerprint density at radius 2 is 1.12 bits per heavy atom. The van der Waals surface area contributed by atoms with Gasteiger partial charge in [-0.3, -0.25) is 9.80 Å². The summed E-state index contributed by atoms with van der Waals surface area (Å²) in [6.45, 7) is 23.8. The molecule has 3 amide bonds. The quantitative estimate of drug-likeness (QED) is 0.0140. The second-order valence-electron chi connectivity index (χ2n) is 16.9. The van der Waals surface area contributed by atoms with Gasteiger partial charge in [0.25, 0.3) is 0 Å². The molecule has 404 valence electrons. The maximum Gasteiger partial charge on any atom is 0.410 e. The van der Waals surface area contributed by atoms with Crippen LogP contribution in [0.5, 0.6) is 0 Å². The molecule has 0 spiro atoms. The van der Waals surface area contributed by atoms with Crippen molar-refractivity contribution in [1.29, 1.82) is 0 Å². The summed E-state index contributed by atoms with van der Waals surface area (Å²) >= 11 is 15.3. The van der Waals surface area contributed by atoms with Crippen molar-refractivity contribution in [2.45, 2.75) is 75.5 Å². The van der Waals surface area contributed by atoms with Gasteiger partial charge in [-0.15, -0.1) is 35.6 Å². The molecular weight excluding hydrogens is 1070 g/mol. The highest BCUT2D eigenvalue weighted by Gasteiger charge is 2.37. The summed E-state index contributed by atoms with van der Waals surface area (Å²) in [5.74, 6) is 4.19. The predicted octanol–water partition coefficient (Wildman–Crippen LogP) is 10.6. The zero-order valence-electron chi connectivity index (χ0n) is 41.2. The summed E-state index contributed by atoms with van der Waals surface area (Å²) in [4.78, 5) is 58.4. The number of nitrogens with two attached hydrogens (primary N) is 3. The number of cyclic esters (lactones) is 2. The number of hydrogen-bond acceptors (Lipinski definition) is 13. The van der Waals surface area contributed by atoms with E-state index in [1.165, 1.54) is 11.1 Å². The lowest BCUT2D eigenvalue weighted by Gasteiger charge is -2.22. The number of benzene rings is 4. The van der Waals surface area contributed by atoms with Crippen LogP contribution < -0.4 is 22.7 Å². The van der Waals surface area contributed by atoms with E-state index in [0.29, 0.717) is 37.9 Å². The Morgan fingerprint density at radius 1 is 0.684 bits per heavy atom. The molecule has 4 aromatic carbocycles. The summed E-state index contributed by atoms with van der Waals surface area (Å²) in [6, 6.07) is 23.1. The summed E-state index contributed by atoms with van der Waals surface area (Å²) in [5.41, 5.74) is 22.4. The van der Waals surface area contributed by atoms with Crippen molar-refractivity contribution >= 4 is 93.8 Å². The first-order valence-corrected chi connectivity index (χ1v) is 25.2.